The first kappa shape index (κ1) is 7.75. The summed E-state index contributed by atoms with van der Waals surface area (Å²) in [6, 6.07) is 0. The molecule has 10 heavy (non-hydrogen) atoms. The van der Waals surface area contributed by atoms with Crippen molar-refractivity contribution in [3.8, 4) is 0 Å². The van der Waals surface area contributed by atoms with Crippen LogP contribution in [0.25, 0.3) is 0 Å². The van der Waals surface area contributed by atoms with Crippen molar-refractivity contribution in [1.82, 2.24) is 5.01 Å². The fraction of sp³-hybridized carbons (Fsp3) is 0.600. The molecule has 0 aliphatic carbocycles. The zero-order valence-electron chi connectivity index (χ0n) is 5.70. The van der Waals surface area contributed by atoms with E-state index >= 15 is 0 Å². The molecular formula is C5H11BN2O2. The maximum atomic E-state index is 8.69. The lowest BCUT2D eigenvalue weighted by atomic mass is 9.76. The Hall–Kier alpha value is -0.355. The predicted octanol–water partition coefficient (Wildman–Crippen LogP) is -1.50. The summed E-state index contributed by atoms with van der Waals surface area (Å²) in [5.41, 5.74) is 0.668. The molecule has 0 aromatic heterocycles. The normalized spacial score (nSPS) is 20.5. The second-order valence-electron chi connectivity index (χ2n) is 2.40. The molecule has 0 bridgehead atoms. The van der Waals surface area contributed by atoms with Gasteiger partial charge in [0, 0.05) is 13.1 Å². The highest BCUT2D eigenvalue weighted by Crippen LogP contribution is 2.07. The van der Waals surface area contributed by atoms with E-state index < -0.39 is 7.12 Å². The summed E-state index contributed by atoms with van der Waals surface area (Å²) in [5.74, 6) is 5.42. The third-order valence-corrected chi connectivity index (χ3v) is 1.61. The maximum Gasteiger partial charge on any atom is 0.483 e. The van der Waals surface area contributed by atoms with Crippen LogP contribution in [0.1, 0.15) is 6.42 Å². The van der Waals surface area contributed by atoms with Gasteiger partial charge in [-0.3, -0.25) is 5.84 Å². The van der Waals surface area contributed by atoms with Gasteiger partial charge in [0.15, 0.2) is 0 Å². The van der Waals surface area contributed by atoms with Gasteiger partial charge in [0.2, 0.25) is 0 Å². The zero-order chi connectivity index (χ0) is 7.56. The van der Waals surface area contributed by atoms with Gasteiger partial charge in [-0.2, -0.15) is 0 Å². The fourth-order valence-corrected chi connectivity index (χ4v) is 0.935. The van der Waals surface area contributed by atoms with E-state index in [1.807, 2.05) is 0 Å². The summed E-state index contributed by atoms with van der Waals surface area (Å²) < 4.78 is 0. The smallest absolute Gasteiger partial charge is 0.423 e. The van der Waals surface area contributed by atoms with Gasteiger partial charge in [-0.15, -0.1) is 0 Å². The van der Waals surface area contributed by atoms with E-state index in [9.17, 15) is 0 Å². The number of hydrogen-bond donors (Lipinski definition) is 3. The molecule has 0 amide bonds. The van der Waals surface area contributed by atoms with Crippen LogP contribution in [-0.2, 0) is 0 Å². The highest BCUT2D eigenvalue weighted by atomic mass is 16.4. The van der Waals surface area contributed by atoms with Crippen LogP contribution in [0.3, 0.4) is 0 Å². The summed E-state index contributed by atoms with van der Waals surface area (Å²) >= 11 is 0. The lowest BCUT2D eigenvalue weighted by Gasteiger charge is -2.20. The molecule has 0 fully saturated rings. The minimum Gasteiger partial charge on any atom is -0.423 e. The average Bonchev–Trinajstić information content (AvgIpc) is 1.88. The summed E-state index contributed by atoms with van der Waals surface area (Å²) in [4.78, 5) is 0. The highest BCUT2D eigenvalue weighted by molar-refractivity contribution is 6.50. The lowest BCUT2D eigenvalue weighted by molar-refractivity contribution is 0.303. The first-order valence-corrected chi connectivity index (χ1v) is 3.25. The summed E-state index contributed by atoms with van der Waals surface area (Å²) in [6.45, 7) is 1.30. The van der Waals surface area contributed by atoms with Crippen LogP contribution in [0.4, 0.5) is 0 Å². The van der Waals surface area contributed by atoms with E-state index in [0.717, 1.165) is 0 Å². The van der Waals surface area contributed by atoms with Crippen molar-refractivity contribution in [1.29, 1.82) is 0 Å². The van der Waals surface area contributed by atoms with Crippen molar-refractivity contribution >= 4 is 7.12 Å². The molecule has 0 saturated heterocycles. The van der Waals surface area contributed by atoms with Crippen molar-refractivity contribution in [2.75, 3.05) is 13.1 Å². The Labute approximate surface area is 60.1 Å². The SMILES string of the molecule is NN1CC=C(B(O)O)CC1. The molecule has 0 radical (unpaired) electrons. The summed E-state index contributed by atoms with van der Waals surface area (Å²) in [5, 5.41) is 19.0. The van der Waals surface area contributed by atoms with Gasteiger partial charge >= 0.3 is 7.12 Å². The van der Waals surface area contributed by atoms with Crippen molar-refractivity contribution in [2.24, 2.45) is 5.84 Å². The second-order valence-corrected chi connectivity index (χ2v) is 2.40. The van der Waals surface area contributed by atoms with Crippen LogP contribution < -0.4 is 5.84 Å². The van der Waals surface area contributed by atoms with Crippen LogP contribution in [0.2, 0.25) is 0 Å². The van der Waals surface area contributed by atoms with Gasteiger partial charge in [0.25, 0.3) is 0 Å². The van der Waals surface area contributed by atoms with Crippen LogP contribution in [0.5, 0.6) is 0 Å². The predicted molar refractivity (Wildman–Crippen MR) is 38.7 cm³/mol. The van der Waals surface area contributed by atoms with E-state index in [1.54, 1.807) is 11.1 Å². The van der Waals surface area contributed by atoms with E-state index in [4.69, 9.17) is 15.9 Å². The standard InChI is InChI=1S/C5H11BN2O2/c7-8-3-1-5(2-4-8)6(9)10/h1,9-10H,2-4,7H2. The minimum absolute atomic E-state index is 0.604. The molecule has 0 aromatic carbocycles. The molecule has 1 aliphatic heterocycles. The van der Waals surface area contributed by atoms with Crippen molar-refractivity contribution in [3.05, 3.63) is 11.5 Å². The lowest BCUT2D eigenvalue weighted by Crippen LogP contribution is -2.37. The van der Waals surface area contributed by atoms with Gasteiger partial charge < -0.3 is 10.0 Å². The first-order chi connectivity index (χ1) is 4.70. The monoisotopic (exact) mass is 142 g/mol. The van der Waals surface area contributed by atoms with Gasteiger partial charge in [-0.25, -0.2) is 5.01 Å². The van der Waals surface area contributed by atoms with Crippen LogP contribution in [0.15, 0.2) is 11.5 Å². The molecule has 0 aromatic rings. The Morgan fingerprint density at radius 1 is 1.60 bits per heavy atom. The molecule has 0 saturated carbocycles. The maximum absolute atomic E-state index is 8.69. The van der Waals surface area contributed by atoms with Crippen molar-refractivity contribution in [2.45, 2.75) is 6.42 Å². The van der Waals surface area contributed by atoms with Crippen LogP contribution >= 0.6 is 0 Å². The number of hydrazine groups is 1. The van der Waals surface area contributed by atoms with E-state index in [-0.39, 0.29) is 0 Å². The Morgan fingerprint density at radius 2 is 2.30 bits per heavy atom. The molecule has 1 rings (SSSR count). The third kappa shape index (κ3) is 1.81. The molecule has 4 nitrogen and oxygen atoms in total. The van der Waals surface area contributed by atoms with Crippen LogP contribution in [-0.4, -0.2) is 35.3 Å². The largest absolute Gasteiger partial charge is 0.483 e. The first-order valence-electron chi connectivity index (χ1n) is 3.25. The number of rotatable bonds is 1. The van der Waals surface area contributed by atoms with Gasteiger partial charge in [-0.05, 0) is 11.9 Å². The molecule has 1 aliphatic rings. The Bertz CT molecular complexity index is 149. The molecule has 1 heterocycles. The second kappa shape index (κ2) is 3.16. The number of hydrogen-bond acceptors (Lipinski definition) is 4. The van der Waals surface area contributed by atoms with Gasteiger partial charge in [0.1, 0.15) is 0 Å². The van der Waals surface area contributed by atoms with E-state index in [2.05, 4.69) is 0 Å². The molecule has 5 heteroatoms. The average molecular weight is 142 g/mol. The molecular weight excluding hydrogens is 131 g/mol. The number of nitrogens with zero attached hydrogens (tertiary/aromatic N) is 1. The minimum atomic E-state index is -1.30. The quantitative estimate of drug-likeness (QED) is 0.308. The topological polar surface area (TPSA) is 69.7 Å². The van der Waals surface area contributed by atoms with Crippen molar-refractivity contribution < 1.29 is 10.0 Å². The molecule has 0 spiro atoms. The Morgan fingerprint density at radius 3 is 2.70 bits per heavy atom. The van der Waals surface area contributed by atoms with Gasteiger partial charge in [0.05, 0.1) is 0 Å². The highest BCUT2D eigenvalue weighted by Gasteiger charge is 2.17. The zero-order valence-corrected chi connectivity index (χ0v) is 5.70. The molecule has 0 unspecified atom stereocenters. The summed E-state index contributed by atoms with van der Waals surface area (Å²) in [6.07, 6.45) is 2.39. The molecule has 0 atom stereocenters. The Kier molecular flexibility index (Phi) is 2.45. The van der Waals surface area contributed by atoms with E-state index in [0.29, 0.717) is 25.0 Å². The third-order valence-electron chi connectivity index (χ3n) is 1.61. The molecule has 4 N–H and O–H groups in total. The van der Waals surface area contributed by atoms with Crippen LogP contribution in [0, 0.1) is 0 Å². The molecule has 56 valence electrons. The van der Waals surface area contributed by atoms with Crippen molar-refractivity contribution in [3.63, 3.8) is 0 Å². The fourth-order valence-electron chi connectivity index (χ4n) is 0.935. The summed E-state index contributed by atoms with van der Waals surface area (Å²) in [7, 11) is -1.30. The Balaban J connectivity index is 2.48. The van der Waals surface area contributed by atoms with E-state index in [1.165, 1.54) is 0 Å². The van der Waals surface area contributed by atoms with Gasteiger partial charge in [-0.1, -0.05) is 6.08 Å². The number of nitrogens with two attached hydrogens (primary N) is 1.